The van der Waals surface area contributed by atoms with Crippen LogP contribution in [-0.2, 0) is 18.6 Å². The molecule has 0 bridgehead atoms. The van der Waals surface area contributed by atoms with Crippen LogP contribution in [0.15, 0.2) is 30.5 Å². The molecule has 0 amide bonds. The third-order valence-electron chi connectivity index (χ3n) is 2.93. The maximum absolute atomic E-state index is 12.8. The van der Waals surface area contributed by atoms with Crippen molar-refractivity contribution < 1.29 is 9.50 Å². The second-order valence-corrected chi connectivity index (χ2v) is 4.51. The van der Waals surface area contributed by atoms with E-state index in [1.165, 1.54) is 12.1 Å². The third kappa shape index (κ3) is 2.56. The molecule has 1 unspecified atom stereocenters. The van der Waals surface area contributed by atoms with Crippen LogP contribution in [0.1, 0.15) is 25.1 Å². The van der Waals surface area contributed by atoms with Gasteiger partial charge in [0, 0.05) is 13.0 Å². The highest BCUT2D eigenvalue weighted by Gasteiger charge is 2.27. The van der Waals surface area contributed by atoms with Crippen molar-refractivity contribution in [1.82, 2.24) is 15.0 Å². The molecule has 2 aromatic rings. The zero-order valence-corrected chi connectivity index (χ0v) is 10.5. The molecular formula is C13H16FN3O. The van der Waals surface area contributed by atoms with Crippen molar-refractivity contribution in [2.24, 2.45) is 0 Å². The molecule has 1 heterocycles. The van der Waals surface area contributed by atoms with E-state index in [0.717, 1.165) is 5.56 Å². The fourth-order valence-electron chi connectivity index (χ4n) is 2.00. The second-order valence-electron chi connectivity index (χ2n) is 4.51. The highest BCUT2D eigenvalue weighted by atomic mass is 19.1. The fraction of sp³-hybridized carbons (Fsp3) is 0.385. The van der Waals surface area contributed by atoms with Gasteiger partial charge >= 0.3 is 0 Å². The van der Waals surface area contributed by atoms with Gasteiger partial charge in [-0.25, -0.2) is 9.07 Å². The summed E-state index contributed by atoms with van der Waals surface area (Å²) in [6.07, 6.45) is 1.95. The van der Waals surface area contributed by atoms with E-state index in [4.69, 9.17) is 0 Å². The van der Waals surface area contributed by atoms with Gasteiger partial charge in [0.25, 0.3) is 0 Å². The molecule has 0 aliphatic carbocycles. The first-order chi connectivity index (χ1) is 8.53. The molecule has 96 valence electrons. The summed E-state index contributed by atoms with van der Waals surface area (Å²) in [7, 11) is 0. The van der Waals surface area contributed by atoms with Gasteiger partial charge in [-0.05, 0) is 31.5 Å². The Morgan fingerprint density at radius 1 is 1.33 bits per heavy atom. The van der Waals surface area contributed by atoms with Crippen LogP contribution in [0.5, 0.6) is 0 Å². The standard InChI is InChI=1S/C13H16FN3O/c1-3-17-12(9-15-16-17)13(2,18)8-10-4-6-11(14)7-5-10/h4-7,9,18H,3,8H2,1-2H3. The number of aryl methyl sites for hydroxylation is 1. The summed E-state index contributed by atoms with van der Waals surface area (Å²) in [5.74, 6) is -0.279. The number of hydrogen-bond donors (Lipinski definition) is 1. The number of rotatable bonds is 4. The van der Waals surface area contributed by atoms with Crippen molar-refractivity contribution in [1.29, 1.82) is 0 Å². The van der Waals surface area contributed by atoms with E-state index < -0.39 is 5.60 Å². The average Bonchev–Trinajstić information content (AvgIpc) is 2.81. The van der Waals surface area contributed by atoms with Gasteiger partial charge < -0.3 is 5.11 Å². The molecule has 1 aromatic heterocycles. The van der Waals surface area contributed by atoms with Crippen LogP contribution in [0.3, 0.4) is 0 Å². The van der Waals surface area contributed by atoms with Crippen LogP contribution in [0.4, 0.5) is 4.39 Å². The zero-order valence-electron chi connectivity index (χ0n) is 10.5. The molecule has 0 fully saturated rings. The molecule has 1 N–H and O–H groups in total. The third-order valence-corrected chi connectivity index (χ3v) is 2.93. The largest absolute Gasteiger partial charge is 0.383 e. The number of benzene rings is 1. The topological polar surface area (TPSA) is 50.9 Å². The van der Waals surface area contributed by atoms with Gasteiger partial charge in [0.05, 0.1) is 11.9 Å². The second kappa shape index (κ2) is 4.86. The van der Waals surface area contributed by atoms with Crippen molar-refractivity contribution in [2.45, 2.75) is 32.4 Å². The molecule has 5 heteroatoms. The number of aromatic nitrogens is 3. The molecule has 2 rings (SSSR count). The molecule has 0 spiro atoms. The van der Waals surface area contributed by atoms with E-state index in [1.54, 1.807) is 29.9 Å². The lowest BCUT2D eigenvalue weighted by Gasteiger charge is -2.23. The molecule has 18 heavy (non-hydrogen) atoms. The van der Waals surface area contributed by atoms with Gasteiger partial charge in [-0.3, -0.25) is 0 Å². The van der Waals surface area contributed by atoms with Crippen molar-refractivity contribution in [3.05, 3.63) is 47.5 Å². The predicted molar refractivity (Wildman–Crippen MR) is 65.4 cm³/mol. The minimum absolute atomic E-state index is 0.279. The van der Waals surface area contributed by atoms with Gasteiger partial charge in [-0.1, -0.05) is 17.3 Å². The summed E-state index contributed by atoms with van der Waals surface area (Å²) >= 11 is 0. The van der Waals surface area contributed by atoms with Gasteiger partial charge in [-0.15, -0.1) is 5.10 Å². The smallest absolute Gasteiger partial charge is 0.123 e. The van der Waals surface area contributed by atoms with E-state index in [0.29, 0.717) is 18.7 Å². The van der Waals surface area contributed by atoms with E-state index in [-0.39, 0.29) is 5.82 Å². The summed E-state index contributed by atoms with van der Waals surface area (Å²) in [5.41, 5.74) is 0.455. The van der Waals surface area contributed by atoms with Crippen LogP contribution < -0.4 is 0 Å². The quantitative estimate of drug-likeness (QED) is 0.900. The number of nitrogens with zero attached hydrogens (tertiary/aromatic N) is 3. The lowest BCUT2D eigenvalue weighted by atomic mass is 9.93. The van der Waals surface area contributed by atoms with Crippen LogP contribution in [-0.4, -0.2) is 20.1 Å². The number of aliphatic hydroxyl groups is 1. The van der Waals surface area contributed by atoms with Crippen molar-refractivity contribution in [3.63, 3.8) is 0 Å². The van der Waals surface area contributed by atoms with Gasteiger partial charge in [0.15, 0.2) is 0 Å². The molecule has 1 atom stereocenters. The van der Waals surface area contributed by atoms with Gasteiger partial charge in [-0.2, -0.15) is 0 Å². The van der Waals surface area contributed by atoms with E-state index >= 15 is 0 Å². The molecular weight excluding hydrogens is 233 g/mol. The number of halogens is 1. The minimum atomic E-state index is -1.07. The zero-order chi connectivity index (χ0) is 13.2. The van der Waals surface area contributed by atoms with E-state index in [1.807, 2.05) is 6.92 Å². The predicted octanol–water partition coefficient (Wildman–Crippen LogP) is 1.89. The molecule has 0 aliphatic rings. The van der Waals surface area contributed by atoms with Crippen molar-refractivity contribution in [2.75, 3.05) is 0 Å². The lowest BCUT2D eigenvalue weighted by molar-refractivity contribution is 0.0480. The molecule has 0 aliphatic heterocycles. The normalized spacial score (nSPS) is 14.4. The minimum Gasteiger partial charge on any atom is -0.383 e. The van der Waals surface area contributed by atoms with E-state index in [9.17, 15) is 9.50 Å². The van der Waals surface area contributed by atoms with Gasteiger partial charge in [0.1, 0.15) is 11.4 Å². The van der Waals surface area contributed by atoms with E-state index in [2.05, 4.69) is 10.3 Å². The maximum atomic E-state index is 12.8. The molecule has 0 radical (unpaired) electrons. The first kappa shape index (κ1) is 12.7. The monoisotopic (exact) mass is 249 g/mol. The van der Waals surface area contributed by atoms with Crippen LogP contribution in [0, 0.1) is 5.82 Å². The Kier molecular flexibility index (Phi) is 3.43. The summed E-state index contributed by atoms with van der Waals surface area (Å²) in [6, 6.07) is 6.12. The van der Waals surface area contributed by atoms with Crippen LogP contribution in [0.2, 0.25) is 0 Å². The van der Waals surface area contributed by atoms with Crippen LogP contribution >= 0.6 is 0 Å². The van der Waals surface area contributed by atoms with Crippen LogP contribution in [0.25, 0.3) is 0 Å². The molecule has 0 saturated heterocycles. The summed E-state index contributed by atoms with van der Waals surface area (Å²) in [6.45, 7) is 4.29. The Bertz CT molecular complexity index is 519. The van der Waals surface area contributed by atoms with Gasteiger partial charge in [0.2, 0.25) is 0 Å². The first-order valence-electron chi connectivity index (χ1n) is 5.88. The summed E-state index contributed by atoms with van der Waals surface area (Å²) in [4.78, 5) is 0. The molecule has 1 aromatic carbocycles. The summed E-state index contributed by atoms with van der Waals surface area (Å²) in [5, 5.41) is 18.2. The Morgan fingerprint density at radius 2 is 2.00 bits per heavy atom. The highest BCUT2D eigenvalue weighted by Crippen LogP contribution is 2.24. The average molecular weight is 249 g/mol. The summed E-state index contributed by atoms with van der Waals surface area (Å²) < 4.78 is 14.5. The fourth-order valence-corrected chi connectivity index (χ4v) is 2.00. The Hall–Kier alpha value is -1.75. The Morgan fingerprint density at radius 3 is 2.61 bits per heavy atom. The number of hydrogen-bond acceptors (Lipinski definition) is 3. The maximum Gasteiger partial charge on any atom is 0.123 e. The molecule has 4 nitrogen and oxygen atoms in total. The molecule has 0 saturated carbocycles. The Balaban J connectivity index is 2.23. The Labute approximate surface area is 105 Å². The first-order valence-corrected chi connectivity index (χ1v) is 5.88. The van der Waals surface area contributed by atoms with Crippen molar-refractivity contribution >= 4 is 0 Å². The van der Waals surface area contributed by atoms with Crippen molar-refractivity contribution in [3.8, 4) is 0 Å². The highest BCUT2D eigenvalue weighted by molar-refractivity contribution is 5.21. The SMILES string of the molecule is CCn1nncc1C(C)(O)Cc1ccc(F)cc1. The lowest BCUT2D eigenvalue weighted by Crippen LogP contribution is -2.28.